The Kier molecular flexibility index (Phi) is 10.6. The molecule has 0 spiro atoms. The van der Waals surface area contributed by atoms with E-state index in [1.54, 1.807) is 6.07 Å². The van der Waals surface area contributed by atoms with Crippen molar-refractivity contribution in [2.24, 2.45) is 5.92 Å². The zero-order valence-corrected chi connectivity index (χ0v) is 25.6. The summed E-state index contributed by atoms with van der Waals surface area (Å²) in [5.74, 6) is -1.26. The van der Waals surface area contributed by atoms with E-state index in [9.17, 15) is 23.1 Å². The number of amides is 1. The summed E-state index contributed by atoms with van der Waals surface area (Å²) in [5, 5.41) is 12.3. The van der Waals surface area contributed by atoms with Crippen LogP contribution >= 0.6 is 0 Å². The van der Waals surface area contributed by atoms with Gasteiger partial charge in [-0.15, -0.1) is 0 Å². The van der Waals surface area contributed by atoms with Crippen LogP contribution in [0.4, 0.5) is 0 Å². The van der Waals surface area contributed by atoms with Crippen molar-refractivity contribution in [1.82, 2.24) is 10.2 Å². The van der Waals surface area contributed by atoms with Gasteiger partial charge in [0.25, 0.3) is 5.91 Å². The standard InChI is InChI=1S/C33H46N2O5S/c1-4-26-15-16-27(20-24-11-6-5-7-12-24)35(26)22-25-14-17-29(30(21-25)28-13-9-8-10-23(28)2)32(36)34-31(33(37)38)18-19-41(3,39)40/h8-10,13-14,17,21,24,26-27,31H,4-7,11-12,15-16,18-20,22H2,1-3H3,(H,34,36)(H,37,38). The molecule has 0 radical (unpaired) electrons. The summed E-state index contributed by atoms with van der Waals surface area (Å²) < 4.78 is 23.3. The number of nitrogens with zero attached hydrogens (tertiary/aromatic N) is 1. The zero-order valence-electron chi connectivity index (χ0n) is 24.8. The van der Waals surface area contributed by atoms with Crippen molar-refractivity contribution in [3.63, 3.8) is 0 Å². The Balaban J connectivity index is 1.61. The van der Waals surface area contributed by atoms with E-state index in [1.165, 1.54) is 51.4 Å². The van der Waals surface area contributed by atoms with Crippen LogP contribution in [0.1, 0.15) is 92.6 Å². The molecular weight excluding hydrogens is 536 g/mol. The highest BCUT2D eigenvalue weighted by molar-refractivity contribution is 7.90. The molecule has 3 atom stereocenters. The van der Waals surface area contributed by atoms with Crippen LogP contribution < -0.4 is 5.32 Å². The Morgan fingerprint density at radius 3 is 2.37 bits per heavy atom. The summed E-state index contributed by atoms with van der Waals surface area (Å²) in [6.45, 7) is 5.10. The predicted octanol–water partition coefficient (Wildman–Crippen LogP) is 5.99. The molecule has 2 aliphatic rings. The first-order chi connectivity index (χ1) is 19.6. The lowest BCUT2D eigenvalue weighted by atomic mass is 9.84. The van der Waals surface area contributed by atoms with Gasteiger partial charge in [0.2, 0.25) is 0 Å². The molecular formula is C33H46N2O5S. The number of hydrogen-bond acceptors (Lipinski definition) is 5. The van der Waals surface area contributed by atoms with Crippen LogP contribution in [-0.2, 0) is 21.2 Å². The minimum atomic E-state index is -3.37. The molecule has 1 heterocycles. The van der Waals surface area contributed by atoms with Crippen molar-refractivity contribution >= 4 is 21.7 Å². The van der Waals surface area contributed by atoms with E-state index in [1.807, 2.05) is 37.3 Å². The van der Waals surface area contributed by atoms with Crippen molar-refractivity contribution in [3.8, 4) is 11.1 Å². The van der Waals surface area contributed by atoms with E-state index in [4.69, 9.17) is 0 Å². The maximum atomic E-state index is 13.5. The highest BCUT2D eigenvalue weighted by Gasteiger charge is 2.34. The van der Waals surface area contributed by atoms with Gasteiger partial charge in [0.15, 0.2) is 0 Å². The SMILES string of the molecule is CCC1CCC(CC2CCCCC2)N1Cc1ccc(C(=O)NC(CCS(C)(=O)=O)C(=O)O)c(-c2ccccc2C)c1. The quantitative estimate of drug-likeness (QED) is 0.319. The number of aliphatic carboxylic acids is 1. The van der Waals surface area contributed by atoms with E-state index in [-0.39, 0.29) is 12.2 Å². The summed E-state index contributed by atoms with van der Waals surface area (Å²) in [4.78, 5) is 28.0. The third kappa shape index (κ3) is 8.41. The number of carbonyl (C=O) groups is 2. The smallest absolute Gasteiger partial charge is 0.326 e. The van der Waals surface area contributed by atoms with Gasteiger partial charge in [-0.1, -0.05) is 69.4 Å². The third-order valence-corrected chi connectivity index (χ3v) is 10.1. The lowest BCUT2D eigenvalue weighted by Gasteiger charge is -2.33. The van der Waals surface area contributed by atoms with Gasteiger partial charge >= 0.3 is 5.97 Å². The number of sulfone groups is 1. The van der Waals surface area contributed by atoms with Crippen molar-refractivity contribution in [1.29, 1.82) is 0 Å². The van der Waals surface area contributed by atoms with Gasteiger partial charge in [-0.2, -0.15) is 0 Å². The van der Waals surface area contributed by atoms with Crippen LogP contribution in [0.2, 0.25) is 0 Å². The van der Waals surface area contributed by atoms with Crippen LogP contribution in [0.3, 0.4) is 0 Å². The molecule has 0 aromatic heterocycles. The van der Waals surface area contributed by atoms with Gasteiger partial charge in [-0.05, 0) is 79.3 Å². The number of nitrogens with one attached hydrogen (secondary N) is 1. The zero-order chi connectivity index (χ0) is 29.6. The number of hydrogen-bond donors (Lipinski definition) is 2. The lowest BCUT2D eigenvalue weighted by Crippen LogP contribution is -2.42. The minimum Gasteiger partial charge on any atom is -0.480 e. The Hall–Kier alpha value is -2.71. The molecule has 1 saturated carbocycles. The maximum absolute atomic E-state index is 13.5. The van der Waals surface area contributed by atoms with Crippen molar-refractivity contribution in [2.45, 2.75) is 103 Å². The van der Waals surface area contributed by atoms with Gasteiger partial charge in [0.05, 0.1) is 5.75 Å². The number of carboxylic acid groups (broad SMARTS) is 1. The predicted molar refractivity (Wildman–Crippen MR) is 164 cm³/mol. The van der Waals surface area contributed by atoms with Gasteiger partial charge in [0, 0.05) is 30.4 Å². The second-order valence-corrected chi connectivity index (χ2v) is 14.4. The number of rotatable bonds is 12. The fourth-order valence-electron chi connectivity index (χ4n) is 6.79. The largest absolute Gasteiger partial charge is 0.480 e. The topological polar surface area (TPSA) is 104 Å². The monoisotopic (exact) mass is 582 g/mol. The summed E-state index contributed by atoms with van der Waals surface area (Å²) in [6.07, 6.45) is 12.5. The first-order valence-electron chi connectivity index (χ1n) is 15.2. The van der Waals surface area contributed by atoms with E-state index in [0.29, 0.717) is 17.6 Å². The molecule has 3 unspecified atom stereocenters. The number of likely N-dealkylation sites (tertiary alicyclic amines) is 1. The average Bonchev–Trinajstić information content (AvgIpc) is 3.31. The number of carbonyl (C=O) groups excluding carboxylic acids is 1. The van der Waals surface area contributed by atoms with E-state index < -0.39 is 27.8 Å². The average molecular weight is 583 g/mol. The van der Waals surface area contributed by atoms with Gasteiger partial charge in [-0.3, -0.25) is 9.69 Å². The fraction of sp³-hybridized carbons (Fsp3) is 0.576. The molecule has 2 aromatic carbocycles. The van der Waals surface area contributed by atoms with Crippen LogP contribution in [0, 0.1) is 12.8 Å². The third-order valence-electron chi connectivity index (χ3n) is 9.08. The minimum absolute atomic E-state index is 0.187. The van der Waals surface area contributed by atoms with Crippen molar-refractivity contribution in [3.05, 3.63) is 59.2 Å². The van der Waals surface area contributed by atoms with E-state index in [0.717, 1.165) is 47.4 Å². The van der Waals surface area contributed by atoms with Crippen molar-refractivity contribution < 1.29 is 23.1 Å². The fourth-order valence-corrected chi connectivity index (χ4v) is 7.46. The second-order valence-electron chi connectivity index (χ2n) is 12.2. The molecule has 8 heteroatoms. The van der Waals surface area contributed by atoms with Crippen LogP contribution in [0.15, 0.2) is 42.5 Å². The first-order valence-corrected chi connectivity index (χ1v) is 17.3. The Morgan fingerprint density at radius 1 is 1.00 bits per heavy atom. The molecule has 2 N–H and O–H groups in total. The Labute approximate surface area is 245 Å². The summed E-state index contributed by atoms with van der Waals surface area (Å²) in [5.41, 5.74) is 4.24. The number of aryl methyl sites for hydroxylation is 1. The summed E-state index contributed by atoms with van der Waals surface area (Å²) in [6, 6.07) is 13.6. The summed E-state index contributed by atoms with van der Waals surface area (Å²) >= 11 is 0. The lowest BCUT2D eigenvalue weighted by molar-refractivity contribution is -0.139. The van der Waals surface area contributed by atoms with Crippen molar-refractivity contribution in [2.75, 3.05) is 12.0 Å². The molecule has 41 heavy (non-hydrogen) atoms. The molecule has 2 fully saturated rings. The van der Waals surface area contributed by atoms with E-state index in [2.05, 4.69) is 23.2 Å². The second kappa shape index (κ2) is 14.0. The number of benzene rings is 2. The van der Waals surface area contributed by atoms with Crippen LogP contribution in [0.5, 0.6) is 0 Å². The number of carboxylic acids is 1. The molecule has 2 aromatic rings. The Morgan fingerprint density at radius 2 is 1.71 bits per heavy atom. The normalized spacial score (nSPS) is 21.0. The molecule has 7 nitrogen and oxygen atoms in total. The van der Waals surface area contributed by atoms with Gasteiger partial charge in [-0.25, -0.2) is 13.2 Å². The highest BCUT2D eigenvalue weighted by Crippen LogP contribution is 2.37. The molecule has 1 saturated heterocycles. The molecule has 1 amide bonds. The molecule has 224 valence electrons. The first kappa shape index (κ1) is 31.2. The maximum Gasteiger partial charge on any atom is 0.326 e. The van der Waals surface area contributed by atoms with Crippen LogP contribution in [-0.4, -0.2) is 60.4 Å². The molecule has 1 aliphatic carbocycles. The summed E-state index contributed by atoms with van der Waals surface area (Å²) in [7, 11) is -3.37. The van der Waals surface area contributed by atoms with E-state index >= 15 is 0 Å². The highest BCUT2D eigenvalue weighted by atomic mass is 32.2. The molecule has 4 rings (SSSR count). The molecule has 1 aliphatic heterocycles. The molecule has 0 bridgehead atoms. The van der Waals surface area contributed by atoms with Gasteiger partial charge < -0.3 is 10.4 Å². The van der Waals surface area contributed by atoms with Crippen LogP contribution in [0.25, 0.3) is 11.1 Å². The Bertz CT molecular complexity index is 1320. The van der Waals surface area contributed by atoms with Gasteiger partial charge in [0.1, 0.15) is 15.9 Å².